The fraction of sp³-hybridized carbons (Fsp3) is 0.0833. The molecule has 2 aromatic heterocycles. The Balaban J connectivity index is 2.15. The zero-order valence-electron chi connectivity index (χ0n) is 10.4. The highest BCUT2D eigenvalue weighted by molar-refractivity contribution is 7.99. The standard InChI is InChI=1S/C12H9N5O2S/c1-17-12(14-15-16-17)20-10-8-5-3-2-4-7(8)9(6-13-10)11(18)19/h2-6H,1H3,(H,18,19). The highest BCUT2D eigenvalue weighted by atomic mass is 32.2. The molecule has 1 aromatic carbocycles. The molecule has 7 nitrogen and oxygen atoms in total. The lowest BCUT2D eigenvalue weighted by molar-refractivity contribution is 0.0698. The number of aromatic carboxylic acids is 1. The summed E-state index contributed by atoms with van der Waals surface area (Å²) in [6.45, 7) is 0. The molecule has 0 saturated carbocycles. The van der Waals surface area contributed by atoms with Crippen LogP contribution >= 0.6 is 11.8 Å². The van der Waals surface area contributed by atoms with Gasteiger partial charge in [-0.15, -0.1) is 5.10 Å². The van der Waals surface area contributed by atoms with Crippen molar-refractivity contribution in [2.45, 2.75) is 10.2 Å². The Morgan fingerprint density at radius 1 is 1.30 bits per heavy atom. The number of fused-ring (bicyclic) bond motifs is 1. The van der Waals surface area contributed by atoms with Gasteiger partial charge in [0.05, 0.1) is 5.56 Å². The lowest BCUT2D eigenvalue weighted by Crippen LogP contribution is -2.00. The zero-order valence-corrected chi connectivity index (χ0v) is 11.2. The minimum Gasteiger partial charge on any atom is -0.478 e. The van der Waals surface area contributed by atoms with Gasteiger partial charge in [0, 0.05) is 24.0 Å². The van der Waals surface area contributed by atoms with Gasteiger partial charge in [0.25, 0.3) is 0 Å². The Kier molecular flexibility index (Phi) is 3.07. The minimum atomic E-state index is -0.995. The lowest BCUT2D eigenvalue weighted by Gasteiger charge is -2.06. The fourth-order valence-corrected chi connectivity index (χ4v) is 2.62. The molecular formula is C12H9N5O2S. The molecule has 0 aliphatic carbocycles. The van der Waals surface area contributed by atoms with Crippen molar-refractivity contribution in [3.05, 3.63) is 36.0 Å². The lowest BCUT2D eigenvalue weighted by atomic mass is 10.1. The van der Waals surface area contributed by atoms with Gasteiger partial charge in [0.1, 0.15) is 5.03 Å². The number of benzene rings is 1. The third-order valence-corrected chi connectivity index (χ3v) is 3.81. The number of hydrogen-bond acceptors (Lipinski definition) is 6. The van der Waals surface area contributed by atoms with Crippen LogP contribution in [0.4, 0.5) is 0 Å². The Bertz CT molecular complexity index is 801. The van der Waals surface area contributed by atoms with Gasteiger partial charge in [-0.2, -0.15) is 0 Å². The average molecular weight is 287 g/mol. The number of pyridine rings is 1. The van der Waals surface area contributed by atoms with Crippen LogP contribution in [0, 0.1) is 0 Å². The highest BCUT2D eigenvalue weighted by Gasteiger charge is 2.14. The van der Waals surface area contributed by atoms with Crippen molar-refractivity contribution >= 4 is 28.5 Å². The molecule has 100 valence electrons. The predicted octanol–water partition coefficient (Wildman–Crippen LogP) is 1.61. The Morgan fingerprint density at radius 3 is 2.70 bits per heavy atom. The molecule has 20 heavy (non-hydrogen) atoms. The van der Waals surface area contributed by atoms with Gasteiger partial charge in [-0.05, 0) is 22.2 Å². The monoisotopic (exact) mass is 287 g/mol. The van der Waals surface area contributed by atoms with Crippen LogP contribution in [0.2, 0.25) is 0 Å². The molecule has 0 fully saturated rings. The van der Waals surface area contributed by atoms with E-state index in [-0.39, 0.29) is 5.56 Å². The first-order valence-corrected chi connectivity index (χ1v) is 6.49. The summed E-state index contributed by atoms with van der Waals surface area (Å²) in [4.78, 5) is 15.4. The summed E-state index contributed by atoms with van der Waals surface area (Å²) in [5.41, 5.74) is 0.182. The van der Waals surface area contributed by atoms with Crippen molar-refractivity contribution in [1.82, 2.24) is 25.2 Å². The number of nitrogens with zero attached hydrogens (tertiary/aromatic N) is 5. The van der Waals surface area contributed by atoms with Gasteiger partial charge >= 0.3 is 5.97 Å². The van der Waals surface area contributed by atoms with Crippen molar-refractivity contribution in [3.63, 3.8) is 0 Å². The number of carbonyl (C=O) groups is 1. The van der Waals surface area contributed by atoms with E-state index in [1.165, 1.54) is 22.6 Å². The van der Waals surface area contributed by atoms with Crippen LogP contribution in [-0.2, 0) is 7.05 Å². The molecule has 3 aromatic rings. The molecular weight excluding hydrogens is 278 g/mol. The molecule has 3 rings (SSSR count). The van der Waals surface area contributed by atoms with Gasteiger partial charge in [0.15, 0.2) is 0 Å². The van der Waals surface area contributed by atoms with Gasteiger partial charge in [-0.1, -0.05) is 24.3 Å². The number of tetrazole rings is 1. The molecule has 0 aliphatic rings. The fourth-order valence-electron chi connectivity index (χ4n) is 1.81. The molecule has 8 heteroatoms. The Labute approximate surface area is 117 Å². The van der Waals surface area contributed by atoms with Gasteiger partial charge in [-0.25, -0.2) is 14.5 Å². The summed E-state index contributed by atoms with van der Waals surface area (Å²) in [7, 11) is 1.73. The second-order valence-electron chi connectivity index (χ2n) is 4.01. The quantitative estimate of drug-likeness (QED) is 0.782. The van der Waals surface area contributed by atoms with Crippen LogP contribution in [0.3, 0.4) is 0 Å². The maximum atomic E-state index is 11.2. The summed E-state index contributed by atoms with van der Waals surface area (Å²) in [6, 6.07) is 7.24. The smallest absolute Gasteiger partial charge is 0.337 e. The summed E-state index contributed by atoms with van der Waals surface area (Å²) in [5, 5.41) is 23.1. The molecule has 0 amide bonds. The maximum absolute atomic E-state index is 11.2. The van der Waals surface area contributed by atoms with Crippen molar-refractivity contribution in [2.75, 3.05) is 0 Å². The molecule has 0 radical (unpaired) electrons. The number of aryl methyl sites for hydroxylation is 1. The van der Waals surface area contributed by atoms with Gasteiger partial charge < -0.3 is 5.11 Å². The maximum Gasteiger partial charge on any atom is 0.337 e. The number of aromatic nitrogens is 5. The van der Waals surface area contributed by atoms with E-state index >= 15 is 0 Å². The number of hydrogen-bond donors (Lipinski definition) is 1. The molecule has 1 N–H and O–H groups in total. The largest absolute Gasteiger partial charge is 0.478 e. The highest BCUT2D eigenvalue weighted by Crippen LogP contribution is 2.31. The summed E-state index contributed by atoms with van der Waals surface area (Å²) < 4.78 is 1.53. The number of carboxylic acids is 1. The summed E-state index contributed by atoms with van der Waals surface area (Å²) in [6.07, 6.45) is 1.36. The van der Waals surface area contributed by atoms with Gasteiger partial charge in [0.2, 0.25) is 5.16 Å². The van der Waals surface area contributed by atoms with Crippen LogP contribution in [0.1, 0.15) is 10.4 Å². The molecule has 0 unspecified atom stereocenters. The van der Waals surface area contributed by atoms with E-state index in [0.717, 1.165) is 5.39 Å². The first kappa shape index (κ1) is 12.5. The molecule has 0 bridgehead atoms. The number of rotatable bonds is 3. The van der Waals surface area contributed by atoms with E-state index in [9.17, 15) is 9.90 Å². The van der Waals surface area contributed by atoms with E-state index < -0.39 is 5.97 Å². The van der Waals surface area contributed by atoms with Crippen LogP contribution in [0.15, 0.2) is 40.6 Å². The van der Waals surface area contributed by atoms with Crippen molar-refractivity contribution < 1.29 is 9.90 Å². The number of carboxylic acid groups (broad SMARTS) is 1. The Hall–Kier alpha value is -2.48. The van der Waals surface area contributed by atoms with Crippen LogP contribution in [0.5, 0.6) is 0 Å². The van der Waals surface area contributed by atoms with Crippen LogP contribution in [0.25, 0.3) is 10.8 Å². The van der Waals surface area contributed by atoms with E-state index in [4.69, 9.17) is 0 Å². The second-order valence-corrected chi connectivity index (χ2v) is 4.97. The average Bonchev–Trinajstić information content (AvgIpc) is 2.84. The van der Waals surface area contributed by atoms with E-state index in [1.807, 2.05) is 12.1 Å². The Morgan fingerprint density at radius 2 is 2.05 bits per heavy atom. The van der Waals surface area contributed by atoms with Crippen molar-refractivity contribution in [1.29, 1.82) is 0 Å². The SMILES string of the molecule is Cn1nnnc1Sc1ncc(C(=O)O)c2ccccc12. The minimum absolute atomic E-state index is 0.182. The van der Waals surface area contributed by atoms with E-state index in [2.05, 4.69) is 20.5 Å². The topological polar surface area (TPSA) is 93.8 Å². The molecule has 2 heterocycles. The molecule has 0 atom stereocenters. The van der Waals surface area contributed by atoms with Crippen molar-refractivity contribution in [2.24, 2.45) is 7.05 Å². The van der Waals surface area contributed by atoms with Gasteiger partial charge in [-0.3, -0.25) is 0 Å². The molecule has 0 saturated heterocycles. The summed E-state index contributed by atoms with van der Waals surface area (Å²) in [5.74, 6) is -0.995. The van der Waals surface area contributed by atoms with E-state index in [0.29, 0.717) is 15.6 Å². The van der Waals surface area contributed by atoms with Crippen LogP contribution in [-0.4, -0.2) is 36.3 Å². The predicted molar refractivity (Wildman–Crippen MR) is 71.6 cm³/mol. The molecule has 0 spiro atoms. The van der Waals surface area contributed by atoms with E-state index in [1.54, 1.807) is 19.2 Å². The zero-order chi connectivity index (χ0) is 14.1. The second kappa shape index (κ2) is 4.89. The van der Waals surface area contributed by atoms with Crippen molar-refractivity contribution in [3.8, 4) is 0 Å². The third kappa shape index (κ3) is 2.10. The normalized spacial score (nSPS) is 10.8. The first-order chi connectivity index (χ1) is 9.66. The third-order valence-electron chi connectivity index (χ3n) is 2.76. The first-order valence-electron chi connectivity index (χ1n) is 5.68. The molecule has 0 aliphatic heterocycles. The summed E-state index contributed by atoms with van der Waals surface area (Å²) >= 11 is 1.29. The van der Waals surface area contributed by atoms with Crippen LogP contribution < -0.4 is 0 Å².